The highest BCUT2D eigenvalue weighted by Crippen LogP contribution is 2.32. The van der Waals surface area contributed by atoms with E-state index in [1.54, 1.807) is 24.3 Å². The van der Waals surface area contributed by atoms with Crippen molar-refractivity contribution in [3.63, 3.8) is 0 Å². The number of nitrogens with zero attached hydrogens (tertiary/aromatic N) is 2. The largest absolute Gasteiger partial charge is 0.489 e. The first-order valence-corrected chi connectivity index (χ1v) is 11.5. The number of hydroxylamine groups is 2. The zero-order chi connectivity index (χ0) is 24.1. The number of para-hydroxylation sites is 1. The van der Waals surface area contributed by atoms with Crippen LogP contribution >= 0.6 is 0 Å². The van der Waals surface area contributed by atoms with Gasteiger partial charge in [0.15, 0.2) is 0 Å². The predicted octanol–water partition coefficient (Wildman–Crippen LogP) is 4.55. The summed E-state index contributed by atoms with van der Waals surface area (Å²) in [6.07, 6.45) is 3.80. The van der Waals surface area contributed by atoms with Gasteiger partial charge in [-0.3, -0.25) is 25.0 Å². The number of carbonyl (C=O) groups excluding carboxylic acids is 2. The van der Waals surface area contributed by atoms with Gasteiger partial charge in [0.05, 0.1) is 11.9 Å². The fraction of sp³-hybridized carbons (Fsp3) is 0.346. The number of benzene rings is 2. The van der Waals surface area contributed by atoms with Crippen LogP contribution < -0.4 is 10.1 Å². The summed E-state index contributed by atoms with van der Waals surface area (Å²) in [6, 6.07) is 16.8. The van der Waals surface area contributed by atoms with E-state index >= 15 is 0 Å². The SMILES string of the molecule is Cc1cc(COc2ccc(C(=O)NC3(CC(=O)N(O)O)CCCCC3)cc2)c2ccccc2n1. The molecule has 1 saturated carbocycles. The third-order valence-corrected chi connectivity index (χ3v) is 6.34. The number of rotatable bonds is 7. The molecular weight excluding hydrogens is 434 g/mol. The molecule has 4 rings (SSSR count). The number of hydrogen-bond donors (Lipinski definition) is 3. The van der Waals surface area contributed by atoms with E-state index in [9.17, 15) is 9.59 Å². The average molecular weight is 464 g/mol. The molecule has 2 amide bonds. The van der Waals surface area contributed by atoms with Crippen LogP contribution in [0.3, 0.4) is 0 Å². The fourth-order valence-corrected chi connectivity index (χ4v) is 4.63. The molecule has 1 aliphatic rings. The van der Waals surface area contributed by atoms with Crippen molar-refractivity contribution in [2.24, 2.45) is 0 Å². The van der Waals surface area contributed by atoms with E-state index in [4.69, 9.17) is 15.2 Å². The van der Waals surface area contributed by atoms with Crippen molar-refractivity contribution in [1.29, 1.82) is 0 Å². The minimum absolute atomic E-state index is 0.160. The maximum absolute atomic E-state index is 12.9. The van der Waals surface area contributed by atoms with E-state index in [1.165, 1.54) is 0 Å². The van der Waals surface area contributed by atoms with Crippen molar-refractivity contribution in [1.82, 2.24) is 15.5 Å². The molecule has 3 N–H and O–H groups in total. The van der Waals surface area contributed by atoms with Crippen LogP contribution in [0.2, 0.25) is 0 Å². The zero-order valence-electron chi connectivity index (χ0n) is 19.2. The van der Waals surface area contributed by atoms with Crippen molar-refractivity contribution in [3.8, 4) is 5.75 Å². The van der Waals surface area contributed by atoms with Gasteiger partial charge < -0.3 is 10.1 Å². The molecule has 2 aromatic carbocycles. The number of carbonyl (C=O) groups is 2. The number of aromatic nitrogens is 1. The summed E-state index contributed by atoms with van der Waals surface area (Å²) in [5.41, 5.74) is 2.54. The van der Waals surface area contributed by atoms with Crippen molar-refractivity contribution in [2.75, 3.05) is 0 Å². The number of ether oxygens (including phenoxy) is 1. The summed E-state index contributed by atoms with van der Waals surface area (Å²) in [7, 11) is 0. The Kier molecular flexibility index (Phi) is 7.09. The molecule has 8 heteroatoms. The molecule has 0 aliphatic heterocycles. The lowest BCUT2D eigenvalue weighted by Gasteiger charge is -2.37. The normalized spacial score (nSPS) is 15.0. The third-order valence-electron chi connectivity index (χ3n) is 6.34. The number of aryl methyl sites for hydroxylation is 1. The van der Waals surface area contributed by atoms with Crippen LogP contribution in [0.4, 0.5) is 0 Å². The number of hydrogen-bond acceptors (Lipinski definition) is 6. The number of fused-ring (bicyclic) bond motifs is 1. The van der Waals surface area contributed by atoms with Crippen molar-refractivity contribution >= 4 is 22.7 Å². The molecule has 1 aromatic heterocycles. The highest BCUT2D eigenvalue weighted by atomic mass is 16.8. The van der Waals surface area contributed by atoms with Crippen molar-refractivity contribution < 1.29 is 24.7 Å². The van der Waals surface area contributed by atoms with Gasteiger partial charge in [0.25, 0.3) is 11.8 Å². The second-order valence-electron chi connectivity index (χ2n) is 8.91. The fourth-order valence-electron chi connectivity index (χ4n) is 4.63. The van der Waals surface area contributed by atoms with Gasteiger partial charge in [-0.25, -0.2) is 0 Å². The monoisotopic (exact) mass is 463 g/mol. The van der Waals surface area contributed by atoms with E-state index in [-0.39, 0.29) is 12.3 Å². The Balaban J connectivity index is 1.43. The van der Waals surface area contributed by atoms with Gasteiger partial charge in [-0.1, -0.05) is 42.7 Å². The van der Waals surface area contributed by atoms with Crippen LogP contribution in [0, 0.1) is 6.92 Å². The molecule has 0 saturated heterocycles. The minimum Gasteiger partial charge on any atom is -0.489 e. The van der Waals surface area contributed by atoms with Gasteiger partial charge in [-0.05, 0) is 56.2 Å². The molecule has 0 unspecified atom stereocenters. The zero-order valence-corrected chi connectivity index (χ0v) is 19.2. The lowest BCUT2D eigenvalue weighted by atomic mass is 9.79. The second kappa shape index (κ2) is 10.2. The lowest BCUT2D eigenvalue weighted by molar-refractivity contribution is -0.286. The lowest BCUT2D eigenvalue weighted by Crippen LogP contribution is -2.52. The predicted molar refractivity (Wildman–Crippen MR) is 126 cm³/mol. The van der Waals surface area contributed by atoms with Crippen molar-refractivity contribution in [3.05, 3.63) is 71.4 Å². The Morgan fingerprint density at radius 2 is 1.76 bits per heavy atom. The van der Waals surface area contributed by atoms with Gasteiger partial charge in [0.1, 0.15) is 12.4 Å². The van der Waals surface area contributed by atoms with E-state index in [0.717, 1.165) is 41.4 Å². The van der Waals surface area contributed by atoms with E-state index in [1.807, 2.05) is 37.3 Å². The molecular formula is C26H29N3O5. The van der Waals surface area contributed by atoms with Gasteiger partial charge in [-0.2, -0.15) is 0 Å². The first-order chi connectivity index (χ1) is 16.3. The quantitative estimate of drug-likeness (QED) is 0.350. The Hall–Kier alpha value is -3.49. The summed E-state index contributed by atoms with van der Waals surface area (Å²) in [6.45, 7) is 2.33. The topological polar surface area (TPSA) is 112 Å². The van der Waals surface area contributed by atoms with Crippen LogP contribution in [0.25, 0.3) is 10.9 Å². The molecule has 0 bridgehead atoms. The first kappa shape index (κ1) is 23.7. The van der Waals surface area contributed by atoms with Gasteiger partial charge in [0.2, 0.25) is 0 Å². The maximum atomic E-state index is 12.9. The first-order valence-electron chi connectivity index (χ1n) is 11.5. The molecule has 34 heavy (non-hydrogen) atoms. The van der Waals surface area contributed by atoms with Crippen LogP contribution in [-0.2, 0) is 11.4 Å². The molecule has 3 aromatic rings. The van der Waals surface area contributed by atoms with Gasteiger partial charge in [-0.15, -0.1) is 0 Å². The molecule has 1 heterocycles. The standard InChI is InChI=1S/C26H29N3O5/c1-18-15-20(22-7-3-4-8-23(22)27-18)17-34-21-11-9-19(10-12-21)25(31)28-26(13-5-2-6-14-26)16-24(30)29(32)33/h3-4,7-12,15,32-33H,2,5-6,13-14,16-17H2,1H3,(H,28,31). The third kappa shape index (κ3) is 5.52. The van der Waals surface area contributed by atoms with Crippen LogP contribution in [0.5, 0.6) is 5.75 Å². The van der Waals surface area contributed by atoms with Crippen LogP contribution in [0.15, 0.2) is 54.6 Å². The van der Waals surface area contributed by atoms with E-state index in [0.29, 0.717) is 30.8 Å². The minimum atomic E-state index is -0.843. The molecule has 0 spiro atoms. The molecule has 0 radical (unpaired) electrons. The number of pyridine rings is 1. The summed E-state index contributed by atoms with van der Waals surface area (Å²) < 4.78 is 5.97. The van der Waals surface area contributed by atoms with Gasteiger partial charge >= 0.3 is 0 Å². The highest BCUT2D eigenvalue weighted by Gasteiger charge is 2.37. The number of nitrogens with one attached hydrogen (secondary N) is 1. The smallest absolute Gasteiger partial charge is 0.275 e. The average Bonchev–Trinajstić information content (AvgIpc) is 2.83. The Morgan fingerprint density at radius 3 is 2.47 bits per heavy atom. The molecule has 1 fully saturated rings. The summed E-state index contributed by atoms with van der Waals surface area (Å²) in [5, 5.41) is 21.8. The summed E-state index contributed by atoms with van der Waals surface area (Å²) in [5.74, 6) is -0.516. The van der Waals surface area contributed by atoms with Crippen LogP contribution in [-0.4, -0.2) is 38.0 Å². The van der Waals surface area contributed by atoms with E-state index in [2.05, 4.69) is 10.3 Å². The molecule has 8 nitrogen and oxygen atoms in total. The Morgan fingerprint density at radius 1 is 1.06 bits per heavy atom. The maximum Gasteiger partial charge on any atom is 0.275 e. The summed E-state index contributed by atoms with van der Waals surface area (Å²) >= 11 is 0. The molecule has 178 valence electrons. The van der Waals surface area contributed by atoms with Gasteiger partial charge in [0, 0.05) is 27.7 Å². The molecule has 0 atom stereocenters. The number of amides is 2. The van der Waals surface area contributed by atoms with Crippen molar-refractivity contribution in [2.45, 2.75) is 57.6 Å². The van der Waals surface area contributed by atoms with Crippen LogP contribution in [0.1, 0.15) is 60.1 Å². The Bertz CT molecular complexity index is 1170. The van der Waals surface area contributed by atoms with E-state index < -0.39 is 16.7 Å². The Labute approximate surface area is 198 Å². The summed E-state index contributed by atoms with van der Waals surface area (Å²) in [4.78, 5) is 29.4. The molecule has 1 aliphatic carbocycles. The second-order valence-corrected chi connectivity index (χ2v) is 8.91. The highest BCUT2D eigenvalue weighted by molar-refractivity contribution is 5.95.